The van der Waals surface area contributed by atoms with Crippen molar-refractivity contribution in [1.82, 2.24) is 9.62 Å². The first kappa shape index (κ1) is 18.4. The van der Waals surface area contributed by atoms with Crippen LogP contribution >= 0.6 is 11.3 Å². The van der Waals surface area contributed by atoms with Gasteiger partial charge in [-0.15, -0.1) is 11.3 Å². The molecule has 7 heteroatoms. The van der Waals surface area contributed by atoms with E-state index in [2.05, 4.69) is 4.72 Å². The molecule has 1 aliphatic heterocycles. The van der Waals surface area contributed by atoms with Crippen LogP contribution in [0, 0.1) is 0 Å². The summed E-state index contributed by atoms with van der Waals surface area (Å²) in [7, 11) is -3.79. The van der Waals surface area contributed by atoms with Crippen LogP contribution in [0.4, 0.5) is 0 Å². The van der Waals surface area contributed by atoms with Gasteiger partial charge >= 0.3 is 0 Å². The molecule has 2 rings (SSSR count). The highest BCUT2D eigenvalue weighted by molar-refractivity contribution is 7.92. The van der Waals surface area contributed by atoms with Gasteiger partial charge in [-0.25, -0.2) is 13.1 Å². The highest BCUT2D eigenvalue weighted by Gasteiger charge is 2.31. The number of nitrogens with one attached hydrogen (secondary N) is 1. The van der Waals surface area contributed by atoms with E-state index < -0.39 is 15.9 Å². The van der Waals surface area contributed by atoms with Crippen LogP contribution in [0.15, 0.2) is 16.3 Å². The van der Waals surface area contributed by atoms with Crippen molar-refractivity contribution >= 4 is 27.3 Å². The van der Waals surface area contributed by atoms with E-state index in [0.29, 0.717) is 6.42 Å². The van der Waals surface area contributed by atoms with E-state index in [1.54, 1.807) is 6.07 Å². The highest BCUT2D eigenvalue weighted by atomic mass is 32.2. The zero-order valence-corrected chi connectivity index (χ0v) is 15.9. The summed E-state index contributed by atoms with van der Waals surface area (Å²) in [5, 5.41) is 0. The van der Waals surface area contributed by atoms with Crippen LogP contribution in [0.1, 0.15) is 51.8 Å². The largest absolute Gasteiger partial charge is 0.292 e. The van der Waals surface area contributed by atoms with Crippen molar-refractivity contribution in [2.45, 2.75) is 62.6 Å². The Morgan fingerprint density at radius 2 is 2.04 bits per heavy atom. The lowest BCUT2D eigenvalue weighted by Gasteiger charge is -2.33. The molecular formula is C16H26N2O3S2. The van der Waals surface area contributed by atoms with E-state index in [-0.39, 0.29) is 15.7 Å². The van der Waals surface area contributed by atoms with Crippen molar-refractivity contribution < 1.29 is 13.2 Å². The van der Waals surface area contributed by atoms with E-state index in [4.69, 9.17) is 0 Å². The van der Waals surface area contributed by atoms with Crippen LogP contribution in [0.2, 0.25) is 0 Å². The molecule has 1 unspecified atom stereocenters. The number of amides is 1. The van der Waals surface area contributed by atoms with Crippen molar-refractivity contribution in [2.75, 3.05) is 13.1 Å². The summed E-state index contributed by atoms with van der Waals surface area (Å²) in [6.07, 6.45) is 2.74. The van der Waals surface area contributed by atoms with Crippen molar-refractivity contribution in [3.63, 3.8) is 0 Å². The standard InChI is InChI=1S/C16H26N2O3S2/c1-5-18-11-7-6-8-12(18)15(19)17-23(20,21)14-10-9-13(22-14)16(2,3)4/h9-10,12H,5-8,11H2,1-4H3,(H,17,19). The topological polar surface area (TPSA) is 66.5 Å². The number of carbonyl (C=O) groups is 1. The molecule has 0 aromatic carbocycles. The molecular weight excluding hydrogens is 332 g/mol. The number of rotatable bonds is 4. The van der Waals surface area contributed by atoms with E-state index in [1.165, 1.54) is 11.3 Å². The van der Waals surface area contributed by atoms with Gasteiger partial charge in [0.05, 0.1) is 6.04 Å². The Morgan fingerprint density at radius 3 is 2.61 bits per heavy atom. The Bertz CT molecular complexity index is 659. The van der Waals surface area contributed by atoms with Gasteiger partial charge in [0, 0.05) is 4.88 Å². The average Bonchev–Trinajstić information content (AvgIpc) is 2.97. The van der Waals surface area contributed by atoms with Gasteiger partial charge in [-0.3, -0.25) is 9.69 Å². The van der Waals surface area contributed by atoms with Crippen LogP contribution in [0.5, 0.6) is 0 Å². The Labute approximate surface area is 143 Å². The lowest BCUT2D eigenvalue weighted by molar-refractivity contribution is -0.125. The second-order valence-corrected chi connectivity index (χ2v) is 9.97. The lowest BCUT2D eigenvalue weighted by Crippen LogP contribution is -2.50. The van der Waals surface area contributed by atoms with Crippen LogP contribution in [0.25, 0.3) is 0 Å². The van der Waals surface area contributed by atoms with Gasteiger partial charge in [0.15, 0.2) is 0 Å². The Balaban J connectivity index is 2.14. The molecule has 1 amide bonds. The van der Waals surface area contributed by atoms with E-state index in [9.17, 15) is 13.2 Å². The monoisotopic (exact) mass is 358 g/mol. The number of sulfonamides is 1. The molecule has 1 saturated heterocycles. The molecule has 1 fully saturated rings. The van der Waals surface area contributed by atoms with Crippen molar-refractivity contribution in [1.29, 1.82) is 0 Å². The van der Waals surface area contributed by atoms with Crippen LogP contribution < -0.4 is 4.72 Å². The number of hydrogen-bond acceptors (Lipinski definition) is 5. The Kier molecular flexibility index (Phi) is 5.53. The molecule has 0 radical (unpaired) electrons. The van der Waals surface area contributed by atoms with Crippen molar-refractivity contribution in [2.24, 2.45) is 0 Å². The van der Waals surface area contributed by atoms with Gasteiger partial charge in [0.1, 0.15) is 4.21 Å². The van der Waals surface area contributed by atoms with E-state index in [1.807, 2.05) is 38.7 Å². The summed E-state index contributed by atoms with van der Waals surface area (Å²) in [5.41, 5.74) is -0.106. The first-order valence-electron chi connectivity index (χ1n) is 8.06. The molecule has 1 aromatic rings. The number of nitrogens with zero attached hydrogens (tertiary/aromatic N) is 1. The number of piperidine rings is 1. The van der Waals surface area contributed by atoms with Crippen molar-refractivity contribution in [3.8, 4) is 0 Å². The summed E-state index contributed by atoms with van der Waals surface area (Å²) in [6, 6.07) is 3.06. The third kappa shape index (κ3) is 4.33. The maximum atomic E-state index is 12.5. The first-order chi connectivity index (χ1) is 10.6. The first-order valence-corrected chi connectivity index (χ1v) is 10.4. The molecule has 0 spiro atoms. The van der Waals surface area contributed by atoms with Gasteiger partial charge in [-0.2, -0.15) is 0 Å². The summed E-state index contributed by atoms with van der Waals surface area (Å²) in [5.74, 6) is -0.405. The summed E-state index contributed by atoms with van der Waals surface area (Å²) >= 11 is 1.23. The second-order valence-electron chi connectivity index (χ2n) is 6.98. The fraction of sp³-hybridized carbons (Fsp3) is 0.688. The molecule has 0 bridgehead atoms. The number of carbonyl (C=O) groups excluding carboxylic acids is 1. The van der Waals surface area contributed by atoms with Gasteiger partial charge in [0.25, 0.3) is 15.9 Å². The Morgan fingerprint density at radius 1 is 1.35 bits per heavy atom. The van der Waals surface area contributed by atoms with E-state index in [0.717, 1.165) is 30.8 Å². The molecule has 0 aliphatic carbocycles. The molecule has 2 heterocycles. The van der Waals surface area contributed by atoms with Gasteiger partial charge in [-0.05, 0) is 43.5 Å². The third-order valence-electron chi connectivity index (χ3n) is 4.14. The minimum Gasteiger partial charge on any atom is -0.292 e. The fourth-order valence-corrected chi connectivity index (χ4v) is 5.16. The molecule has 1 aliphatic rings. The number of likely N-dealkylation sites (N-methyl/N-ethyl adjacent to an activating group) is 1. The van der Waals surface area contributed by atoms with Crippen molar-refractivity contribution in [3.05, 3.63) is 17.0 Å². The number of thiophene rings is 1. The third-order valence-corrected chi connectivity index (χ3v) is 7.49. The zero-order chi connectivity index (χ0) is 17.3. The normalized spacial score (nSPS) is 20.4. The minimum atomic E-state index is -3.79. The van der Waals surface area contributed by atoms with Gasteiger partial charge < -0.3 is 0 Å². The smallest absolute Gasteiger partial charge is 0.273 e. The minimum absolute atomic E-state index is 0.106. The van der Waals surface area contributed by atoms with Crippen LogP contribution in [0.3, 0.4) is 0 Å². The van der Waals surface area contributed by atoms with Crippen LogP contribution in [-0.4, -0.2) is 38.4 Å². The average molecular weight is 359 g/mol. The highest BCUT2D eigenvalue weighted by Crippen LogP contribution is 2.31. The number of likely N-dealkylation sites (tertiary alicyclic amines) is 1. The molecule has 130 valence electrons. The summed E-state index contributed by atoms with van der Waals surface area (Å²) in [6.45, 7) is 9.71. The molecule has 0 saturated carbocycles. The van der Waals surface area contributed by atoms with E-state index >= 15 is 0 Å². The predicted octanol–water partition coefficient (Wildman–Crippen LogP) is 2.72. The number of hydrogen-bond donors (Lipinski definition) is 1. The lowest BCUT2D eigenvalue weighted by atomic mass is 9.95. The fourth-order valence-electron chi connectivity index (χ4n) is 2.78. The predicted molar refractivity (Wildman–Crippen MR) is 93.2 cm³/mol. The zero-order valence-electron chi connectivity index (χ0n) is 14.3. The van der Waals surface area contributed by atoms with Crippen LogP contribution in [-0.2, 0) is 20.2 Å². The van der Waals surface area contributed by atoms with Gasteiger partial charge in [0.2, 0.25) is 0 Å². The second kappa shape index (κ2) is 6.91. The molecule has 23 heavy (non-hydrogen) atoms. The molecule has 5 nitrogen and oxygen atoms in total. The summed E-state index contributed by atoms with van der Waals surface area (Å²) in [4.78, 5) is 15.5. The molecule has 1 aromatic heterocycles. The summed E-state index contributed by atoms with van der Waals surface area (Å²) < 4.78 is 27.4. The molecule has 1 N–H and O–H groups in total. The quantitative estimate of drug-likeness (QED) is 0.899. The SMILES string of the molecule is CCN1CCCCC1C(=O)NS(=O)(=O)c1ccc(C(C)(C)C)s1. The maximum Gasteiger partial charge on any atom is 0.273 e. The maximum absolute atomic E-state index is 12.5. The molecule has 1 atom stereocenters. The Hall–Kier alpha value is -0.920. The van der Waals surface area contributed by atoms with Gasteiger partial charge in [-0.1, -0.05) is 34.1 Å².